The molecule has 0 aliphatic rings. The number of rotatable bonds is 4. The summed E-state index contributed by atoms with van der Waals surface area (Å²) in [5.74, 6) is 0. The van der Waals surface area contributed by atoms with Crippen LogP contribution in [0.15, 0.2) is 34.1 Å². The Morgan fingerprint density at radius 1 is 1.47 bits per heavy atom. The summed E-state index contributed by atoms with van der Waals surface area (Å²) >= 11 is 11.1. The summed E-state index contributed by atoms with van der Waals surface area (Å²) in [7, 11) is 0. The number of nitro benzene ring substituents is 1. The number of benzene rings is 1. The van der Waals surface area contributed by atoms with Crippen molar-refractivity contribution in [3.8, 4) is 0 Å². The van der Waals surface area contributed by atoms with Crippen LogP contribution in [0.5, 0.6) is 0 Å². The first-order chi connectivity index (χ1) is 8.97. The van der Waals surface area contributed by atoms with Crippen molar-refractivity contribution in [2.45, 2.75) is 13.0 Å². The minimum Gasteiger partial charge on any atom is -0.376 e. The zero-order chi connectivity index (χ0) is 14.0. The molecule has 1 aromatic heterocycles. The van der Waals surface area contributed by atoms with E-state index >= 15 is 0 Å². The van der Waals surface area contributed by atoms with Crippen LogP contribution in [0.4, 0.5) is 11.4 Å². The fraction of sp³-hybridized carbons (Fsp3) is 0.167. The topological polar surface area (TPSA) is 55.2 Å². The lowest BCUT2D eigenvalue weighted by Gasteiger charge is -2.14. The van der Waals surface area contributed by atoms with Gasteiger partial charge in [0, 0.05) is 26.9 Å². The average molecular weight is 362 g/mol. The maximum atomic E-state index is 10.8. The number of non-ortho nitro benzene ring substituents is 1. The molecule has 1 aromatic carbocycles. The standard InChI is InChI=1S/C12H10BrClN2O2S/c1-7(12-4-8(13)6-19-12)15-11-5-9(16(17)18)2-3-10(11)14/h2-7,15H,1H3. The number of nitro groups is 1. The first-order valence-corrected chi connectivity index (χ1v) is 7.47. The number of thiophene rings is 1. The summed E-state index contributed by atoms with van der Waals surface area (Å²) < 4.78 is 1.02. The molecule has 0 radical (unpaired) electrons. The van der Waals surface area contributed by atoms with Crippen LogP contribution in [-0.2, 0) is 0 Å². The highest BCUT2D eigenvalue weighted by Crippen LogP contribution is 2.32. The van der Waals surface area contributed by atoms with Gasteiger partial charge in [-0.15, -0.1) is 11.3 Å². The van der Waals surface area contributed by atoms with Gasteiger partial charge < -0.3 is 5.32 Å². The molecule has 0 fully saturated rings. The van der Waals surface area contributed by atoms with Crippen LogP contribution in [0, 0.1) is 10.1 Å². The smallest absolute Gasteiger partial charge is 0.271 e. The Kier molecular flexibility index (Phi) is 4.44. The molecule has 1 heterocycles. The minimum absolute atomic E-state index is 0.0199. The van der Waals surface area contributed by atoms with E-state index in [0.29, 0.717) is 10.7 Å². The van der Waals surface area contributed by atoms with Crippen molar-refractivity contribution in [3.05, 3.63) is 54.1 Å². The lowest BCUT2D eigenvalue weighted by Crippen LogP contribution is -2.05. The van der Waals surface area contributed by atoms with E-state index in [1.807, 2.05) is 18.4 Å². The number of nitrogens with one attached hydrogen (secondary N) is 1. The normalized spacial score (nSPS) is 12.2. The molecule has 4 nitrogen and oxygen atoms in total. The third kappa shape index (κ3) is 3.46. The first kappa shape index (κ1) is 14.3. The Morgan fingerprint density at radius 2 is 2.21 bits per heavy atom. The molecule has 1 N–H and O–H groups in total. The molecule has 1 unspecified atom stereocenters. The van der Waals surface area contributed by atoms with Gasteiger partial charge in [-0.3, -0.25) is 10.1 Å². The molecule has 2 rings (SSSR count). The van der Waals surface area contributed by atoms with Gasteiger partial charge in [0.1, 0.15) is 0 Å². The largest absolute Gasteiger partial charge is 0.376 e. The second-order valence-corrected chi connectivity index (χ2v) is 6.22. The molecule has 0 saturated carbocycles. The minimum atomic E-state index is -0.437. The Bertz CT molecular complexity index is 618. The zero-order valence-electron chi connectivity index (χ0n) is 9.89. The van der Waals surface area contributed by atoms with Crippen molar-refractivity contribution in [3.63, 3.8) is 0 Å². The van der Waals surface area contributed by atoms with Crippen molar-refractivity contribution in [2.24, 2.45) is 0 Å². The predicted molar refractivity (Wildman–Crippen MR) is 82.2 cm³/mol. The van der Waals surface area contributed by atoms with Crippen LogP contribution in [0.1, 0.15) is 17.8 Å². The monoisotopic (exact) mass is 360 g/mol. The fourth-order valence-electron chi connectivity index (χ4n) is 1.60. The van der Waals surface area contributed by atoms with Gasteiger partial charge in [-0.1, -0.05) is 11.6 Å². The summed E-state index contributed by atoms with van der Waals surface area (Å²) in [5, 5.41) is 16.4. The molecule has 0 bridgehead atoms. The van der Waals surface area contributed by atoms with E-state index in [9.17, 15) is 10.1 Å². The lowest BCUT2D eigenvalue weighted by atomic mass is 10.2. The second kappa shape index (κ2) is 5.90. The van der Waals surface area contributed by atoms with Crippen LogP contribution in [0.3, 0.4) is 0 Å². The summed E-state index contributed by atoms with van der Waals surface area (Å²) in [5.41, 5.74) is 0.583. The number of halogens is 2. The summed E-state index contributed by atoms with van der Waals surface area (Å²) in [6, 6.07) is 6.39. The Labute approximate surface area is 127 Å². The van der Waals surface area contributed by atoms with Gasteiger partial charge in [0.15, 0.2) is 0 Å². The van der Waals surface area contributed by atoms with Gasteiger partial charge in [-0.25, -0.2) is 0 Å². The fourth-order valence-corrected chi connectivity index (χ4v) is 3.22. The number of hydrogen-bond acceptors (Lipinski definition) is 4. The Hall–Kier alpha value is -1.11. The van der Waals surface area contributed by atoms with Gasteiger partial charge in [0.05, 0.1) is 21.7 Å². The molecule has 7 heteroatoms. The molecule has 0 aliphatic heterocycles. The number of hydrogen-bond donors (Lipinski definition) is 1. The SMILES string of the molecule is CC(Nc1cc([N+](=O)[O-])ccc1Cl)c1cc(Br)cs1. The zero-order valence-corrected chi connectivity index (χ0v) is 13.1. The molecule has 19 heavy (non-hydrogen) atoms. The Balaban J connectivity index is 2.22. The van der Waals surface area contributed by atoms with Crippen LogP contribution in [-0.4, -0.2) is 4.92 Å². The highest BCUT2D eigenvalue weighted by Gasteiger charge is 2.13. The van der Waals surface area contributed by atoms with Gasteiger partial charge in [0.2, 0.25) is 0 Å². The molecule has 0 aliphatic carbocycles. The van der Waals surface area contributed by atoms with Crippen molar-refractivity contribution < 1.29 is 4.92 Å². The van der Waals surface area contributed by atoms with Crippen molar-refractivity contribution in [2.75, 3.05) is 5.32 Å². The molecular formula is C12H10BrClN2O2S. The van der Waals surface area contributed by atoms with Gasteiger partial charge in [-0.05, 0) is 35.0 Å². The predicted octanol–water partition coefficient (Wildman–Crippen LogP) is 5.25. The molecule has 100 valence electrons. The van der Waals surface area contributed by atoms with Crippen LogP contribution < -0.4 is 5.32 Å². The number of anilines is 1. The average Bonchev–Trinajstić information content (AvgIpc) is 2.78. The maximum absolute atomic E-state index is 10.8. The van der Waals surface area contributed by atoms with Gasteiger partial charge >= 0.3 is 0 Å². The lowest BCUT2D eigenvalue weighted by molar-refractivity contribution is -0.384. The second-order valence-electron chi connectivity index (χ2n) is 3.95. The quantitative estimate of drug-likeness (QED) is 0.598. The summed E-state index contributed by atoms with van der Waals surface area (Å²) in [6.07, 6.45) is 0. The van der Waals surface area contributed by atoms with E-state index < -0.39 is 4.92 Å². The van der Waals surface area contributed by atoms with Crippen LogP contribution in [0.2, 0.25) is 5.02 Å². The molecule has 2 aromatic rings. The first-order valence-electron chi connectivity index (χ1n) is 5.42. The highest BCUT2D eigenvalue weighted by atomic mass is 79.9. The van der Waals surface area contributed by atoms with E-state index in [4.69, 9.17) is 11.6 Å². The van der Waals surface area contributed by atoms with E-state index in [1.54, 1.807) is 11.3 Å². The van der Waals surface area contributed by atoms with Gasteiger partial charge in [-0.2, -0.15) is 0 Å². The molecule has 0 amide bonds. The van der Waals surface area contributed by atoms with E-state index in [0.717, 1.165) is 9.35 Å². The van der Waals surface area contributed by atoms with Crippen LogP contribution in [0.25, 0.3) is 0 Å². The van der Waals surface area contributed by atoms with Crippen molar-refractivity contribution in [1.29, 1.82) is 0 Å². The maximum Gasteiger partial charge on any atom is 0.271 e. The highest BCUT2D eigenvalue weighted by molar-refractivity contribution is 9.10. The summed E-state index contributed by atoms with van der Waals surface area (Å²) in [4.78, 5) is 11.4. The van der Waals surface area contributed by atoms with Crippen LogP contribution >= 0.6 is 38.9 Å². The molecule has 0 spiro atoms. The van der Waals surface area contributed by atoms with E-state index in [2.05, 4.69) is 21.2 Å². The van der Waals surface area contributed by atoms with Crippen molar-refractivity contribution in [1.82, 2.24) is 0 Å². The molecular weight excluding hydrogens is 352 g/mol. The molecule has 1 atom stereocenters. The van der Waals surface area contributed by atoms with E-state index in [1.165, 1.54) is 18.2 Å². The summed E-state index contributed by atoms with van der Waals surface area (Å²) in [6.45, 7) is 1.98. The van der Waals surface area contributed by atoms with E-state index in [-0.39, 0.29) is 11.7 Å². The Morgan fingerprint density at radius 3 is 2.79 bits per heavy atom. The van der Waals surface area contributed by atoms with Gasteiger partial charge in [0.25, 0.3) is 5.69 Å². The third-order valence-corrected chi connectivity index (χ3v) is 4.75. The number of nitrogens with zero attached hydrogens (tertiary/aromatic N) is 1. The van der Waals surface area contributed by atoms with Crippen molar-refractivity contribution >= 4 is 50.2 Å². The molecule has 0 saturated heterocycles. The third-order valence-electron chi connectivity index (χ3n) is 2.55.